The zero-order valence-corrected chi connectivity index (χ0v) is 5.50. The fraction of sp³-hybridized carbons (Fsp3) is 0.500. The maximum atomic E-state index is 10.2. The van der Waals surface area contributed by atoms with Gasteiger partial charge in [0.05, 0.1) is 6.54 Å². The van der Waals surface area contributed by atoms with Crippen LogP contribution in [0, 0.1) is 12.3 Å². The fourth-order valence-corrected chi connectivity index (χ4v) is 0.382. The third-order valence-electron chi connectivity index (χ3n) is 0.893. The minimum atomic E-state index is -1.15. The van der Waals surface area contributed by atoms with Crippen LogP contribution in [-0.4, -0.2) is 30.2 Å². The van der Waals surface area contributed by atoms with E-state index in [-0.39, 0.29) is 6.54 Å². The number of terminal acetylenes is 1. The Labute approximate surface area is 59.4 Å². The van der Waals surface area contributed by atoms with E-state index in [1.165, 1.54) is 0 Å². The number of amides is 1. The van der Waals surface area contributed by atoms with Gasteiger partial charge in [-0.05, 0) is 0 Å². The van der Waals surface area contributed by atoms with Crippen molar-refractivity contribution in [1.29, 1.82) is 0 Å². The lowest BCUT2D eigenvalue weighted by molar-refractivity contribution is -0.125. The zero-order valence-electron chi connectivity index (χ0n) is 5.50. The van der Waals surface area contributed by atoms with Gasteiger partial charge < -0.3 is 16.2 Å². The number of carbonyl (C=O) groups is 1. The van der Waals surface area contributed by atoms with Crippen molar-refractivity contribution < 1.29 is 9.90 Å². The summed E-state index contributed by atoms with van der Waals surface area (Å²) in [5.41, 5.74) is 4.74. The van der Waals surface area contributed by atoms with Crippen molar-refractivity contribution in [1.82, 2.24) is 5.32 Å². The fourth-order valence-electron chi connectivity index (χ4n) is 0.382. The van der Waals surface area contributed by atoms with E-state index in [0.29, 0.717) is 6.54 Å². The summed E-state index contributed by atoms with van der Waals surface area (Å²) in [4.78, 5) is 10.2. The van der Waals surface area contributed by atoms with Crippen molar-refractivity contribution in [2.45, 2.75) is 6.10 Å². The monoisotopic (exact) mass is 142 g/mol. The molecule has 0 aromatic heterocycles. The van der Waals surface area contributed by atoms with Crippen LogP contribution in [0.1, 0.15) is 0 Å². The minimum absolute atomic E-state index is 0.111. The second-order valence-electron chi connectivity index (χ2n) is 1.75. The first-order valence-corrected chi connectivity index (χ1v) is 2.80. The molecule has 1 atom stereocenters. The highest BCUT2D eigenvalue weighted by atomic mass is 16.3. The molecule has 56 valence electrons. The molecule has 0 aliphatic carbocycles. The largest absolute Gasteiger partial charge is 0.382 e. The Hall–Kier alpha value is -1.05. The molecule has 0 bridgehead atoms. The highest BCUT2D eigenvalue weighted by Crippen LogP contribution is 1.75. The number of nitrogens with one attached hydrogen (secondary N) is 1. The Balaban J connectivity index is 3.32. The van der Waals surface area contributed by atoms with E-state index >= 15 is 0 Å². The van der Waals surface area contributed by atoms with E-state index in [2.05, 4.69) is 11.2 Å². The summed E-state index contributed by atoms with van der Waals surface area (Å²) < 4.78 is 0. The molecule has 0 saturated heterocycles. The Morgan fingerprint density at radius 2 is 2.50 bits per heavy atom. The molecule has 0 rings (SSSR count). The summed E-state index contributed by atoms with van der Waals surface area (Å²) >= 11 is 0. The Bertz CT molecular complexity index is 150. The average molecular weight is 142 g/mol. The molecule has 0 fully saturated rings. The Morgan fingerprint density at radius 1 is 1.90 bits per heavy atom. The number of aliphatic hydroxyl groups is 1. The summed E-state index contributed by atoms with van der Waals surface area (Å²) in [5.74, 6) is 1.54. The van der Waals surface area contributed by atoms with Crippen LogP contribution in [0.25, 0.3) is 0 Å². The average Bonchev–Trinajstić information content (AvgIpc) is 1.88. The molecule has 0 radical (unpaired) electrons. The van der Waals surface area contributed by atoms with Gasteiger partial charge in [-0.2, -0.15) is 0 Å². The number of primary amides is 1. The van der Waals surface area contributed by atoms with Gasteiger partial charge in [0.1, 0.15) is 6.10 Å². The molecule has 1 amide bonds. The number of hydrogen-bond donors (Lipinski definition) is 3. The third kappa shape index (κ3) is 3.89. The van der Waals surface area contributed by atoms with Crippen LogP contribution in [-0.2, 0) is 4.79 Å². The van der Waals surface area contributed by atoms with Gasteiger partial charge in [-0.15, -0.1) is 6.42 Å². The molecular formula is C6H10N2O2. The molecule has 0 aromatic carbocycles. The van der Waals surface area contributed by atoms with Crippen molar-refractivity contribution in [2.24, 2.45) is 5.73 Å². The maximum absolute atomic E-state index is 10.2. The molecule has 0 spiro atoms. The van der Waals surface area contributed by atoms with Gasteiger partial charge in [-0.3, -0.25) is 4.79 Å². The van der Waals surface area contributed by atoms with E-state index in [9.17, 15) is 4.79 Å². The van der Waals surface area contributed by atoms with Crippen LogP contribution >= 0.6 is 0 Å². The minimum Gasteiger partial charge on any atom is -0.382 e. The molecule has 0 aromatic rings. The molecule has 0 saturated carbocycles. The van der Waals surface area contributed by atoms with Crippen LogP contribution in [0.15, 0.2) is 0 Å². The highest BCUT2D eigenvalue weighted by Gasteiger charge is 2.08. The SMILES string of the molecule is C#CCNCC(O)C(N)=O. The van der Waals surface area contributed by atoms with Crippen molar-refractivity contribution in [3.05, 3.63) is 0 Å². The van der Waals surface area contributed by atoms with E-state index in [1.807, 2.05) is 0 Å². The van der Waals surface area contributed by atoms with Gasteiger partial charge in [0, 0.05) is 6.54 Å². The summed E-state index contributed by atoms with van der Waals surface area (Å²) in [6, 6.07) is 0. The third-order valence-corrected chi connectivity index (χ3v) is 0.893. The molecule has 0 aliphatic heterocycles. The number of hydrogen-bond acceptors (Lipinski definition) is 3. The molecule has 4 heteroatoms. The highest BCUT2D eigenvalue weighted by molar-refractivity contribution is 5.78. The van der Waals surface area contributed by atoms with Crippen LogP contribution in [0.5, 0.6) is 0 Å². The van der Waals surface area contributed by atoms with Crippen LogP contribution in [0.3, 0.4) is 0 Å². The van der Waals surface area contributed by atoms with Crippen LogP contribution < -0.4 is 11.1 Å². The number of nitrogens with two attached hydrogens (primary N) is 1. The van der Waals surface area contributed by atoms with E-state index < -0.39 is 12.0 Å². The molecule has 4 nitrogen and oxygen atoms in total. The van der Waals surface area contributed by atoms with Gasteiger partial charge >= 0.3 is 0 Å². The Kier molecular flexibility index (Phi) is 4.29. The number of carbonyl (C=O) groups excluding carboxylic acids is 1. The smallest absolute Gasteiger partial charge is 0.247 e. The van der Waals surface area contributed by atoms with Crippen LogP contribution in [0.2, 0.25) is 0 Å². The summed E-state index contributed by atoms with van der Waals surface area (Å²) in [7, 11) is 0. The van der Waals surface area contributed by atoms with E-state index in [1.54, 1.807) is 0 Å². The van der Waals surface area contributed by atoms with Crippen molar-refractivity contribution in [3.8, 4) is 12.3 Å². The standard InChI is InChI=1S/C6H10N2O2/c1-2-3-8-4-5(9)6(7)10/h1,5,8-9H,3-4H2,(H2,7,10). The normalized spacial score (nSPS) is 12.0. The summed E-state index contributed by atoms with van der Waals surface area (Å²) in [5, 5.41) is 11.4. The predicted octanol–water partition coefficient (Wildman–Crippen LogP) is -1.94. The number of rotatable bonds is 4. The van der Waals surface area contributed by atoms with Crippen molar-refractivity contribution >= 4 is 5.91 Å². The lowest BCUT2D eigenvalue weighted by Gasteiger charge is -2.04. The van der Waals surface area contributed by atoms with Crippen molar-refractivity contribution in [2.75, 3.05) is 13.1 Å². The summed E-state index contributed by atoms with van der Waals surface area (Å²) in [6.45, 7) is 0.434. The second kappa shape index (κ2) is 4.79. The van der Waals surface area contributed by atoms with Gasteiger partial charge in [-0.25, -0.2) is 0 Å². The van der Waals surface area contributed by atoms with Gasteiger partial charge in [0.2, 0.25) is 5.91 Å². The van der Waals surface area contributed by atoms with Gasteiger partial charge in [0.25, 0.3) is 0 Å². The predicted molar refractivity (Wildman–Crippen MR) is 36.9 cm³/mol. The molecule has 0 heterocycles. The van der Waals surface area contributed by atoms with Crippen LogP contribution in [0.4, 0.5) is 0 Å². The summed E-state index contributed by atoms with van der Waals surface area (Å²) in [6.07, 6.45) is 3.74. The molecule has 10 heavy (non-hydrogen) atoms. The topological polar surface area (TPSA) is 75.3 Å². The quantitative estimate of drug-likeness (QED) is 0.315. The maximum Gasteiger partial charge on any atom is 0.247 e. The first-order chi connectivity index (χ1) is 4.68. The Morgan fingerprint density at radius 3 is 2.90 bits per heavy atom. The first kappa shape index (κ1) is 8.95. The molecular weight excluding hydrogens is 132 g/mol. The zero-order chi connectivity index (χ0) is 7.98. The van der Waals surface area contributed by atoms with Gasteiger partial charge in [-0.1, -0.05) is 5.92 Å². The molecule has 4 N–H and O–H groups in total. The lowest BCUT2D eigenvalue weighted by atomic mass is 10.3. The van der Waals surface area contributed by atoms with E-state index in [4.69, 9.17) is 17.3 Å². The van der Waals surface area contributed by atoms with E-state index in [0.717, 1.165) is 0 Å². The first-order valence-electron chi connectivity index (χ1n) is 2.80. The number of aliphatic hydroxyl groups excluding tert-OH is 1. The molecule has 1 unspecified atom stereocenters. The lowest BCUT2D eigenvalue weighted by Crippen LogP contribution is -2.37. The second-order valence-corrected chi connectivity index (χ2v) is 1.75. The van der Waals surface area contributed by atoms with Crippen molar-refractivity contribution in [3.63, 3.8) is 0 Å². The molecule has 0 aliphatic rings. The van der Waals surface area contributed by atoms with Gasteiger partial charge in [0.15, 0.2) is 0 Å².